The molecule has 1 heterocycles. The van der Waals surface area contributed by atoms with E-state index in [4.69, 9.17) is 4.74 Å². The fourth-order valence-electron chi connectivity index (χ4n) is 5.89. The molecule has 0 bridgehead atoms. The lowest BCUT2D eigenvalue weighted by Gasteiger charge is -2.39. The third kappa shape index (κ3) is 3.17. The Balaban J connectivity index is 1.76. The standard InChI is InChI=1S/C30H34N2O/c1-6-31(7-2)22-14-16-26-28(18-22)33-29-19-23(32(8-3)9-4)15-17-27(29)30(26)20-21(5)24-12-10-11-13-25(24)30/h10-19H,5-9,20H2,1-4H3. The zero-order chi connectivity index (χ0) is 23.2. The zero-order valence-electron chi connectivity index (χ0n) is 20.3. The molecule has 0 saturated carbocycles. The molecule has 0 saturated heterocycles. The maximum absolute atomic E-state index is 6.69. The Morgan fingerprint density at radius 3 is 1.76 bits per heavy atom. The van der Waals surface area contributed by atoms with Gasteiger partial charge in [0, 0.05) is 60.8 Å². The van der Waals surface area contributed by atoms with Crippen LogP contribution in [0.3, 0.4) is 0 Å². The average Bonchev–Trinajstić information content (AvgIpc) is 3.13. The second kappa shape index (κ2) is 8.30. The van der Waals surface area contributed by atoms with Gasteiger partial charge in [0.15, 0.2) is 0 Å². The van der Waals surface area contributed by atoms with Gasteiger partial charge in [0.05, 0.1) is 5.41 Å². The molecule has 5 rings (SSSR count). The topological polar surface area (TPSA) is 15.7 Å². The SMILES string of the molecule is C=C1CC2(c3ccc(N(CC)CC)cc3Oc3cc(N(CC)CC)ccc32)c2ccccc21. The van der Waals surface area contributed by atoms with Crippen molar-refractivity contribution < 1.29 is 4.74 Å². The van der Waals surface area contributed by atoms with E-state index in [1.54, 1.807) is 0 Å². The number of ether oxygens (including phenoxy) is 1. The first-order valence-electron chi connectivity index (χ1n) is 12.3. The molecule has 1 spiro atoms. The lowest BCUT2D eigenvalue weighted by Crippen LogP contribution is -2.31. The van der Waals surface area contributed by atoms with Gasteiger partial charge in [0.1, 0.15) is 11.5 Å². The molecule has 33 heavy (non-hydrogen) atoms. The molecular weight excluding hydrogens is 404 g/mol. The summed E-state index contributed by atoms with van der Waals surface area (Å²) in [4.78, 5) is 4.75. The summed E-state index contributed by atoms with van der Waals surface area (Å²) in [5.74, 6) is 1.93. The van der Waals surface area contributed by atoms with E-state index in [-0.39, 0.29) is 5.41 Å². The van der Waals surface area contributed by atoms with Crippen LogP contribution in [0, 0.1) is 0 Å². The van der Waals surface area contributed by atoms with Gasteiger partial charge < -0.3 is 14.5 Å². The first-order chi connectivity index (χ1) is 16.1. The molecule has 0 amide bonds. The predicted octanol–water partition coefficient (Wildman–Crippen LogP) is 7.24. The third-order valence-corrected chi connectivity index (χ3v) is 7.57. The molecule has 0 aromatic heterocycles. The van der Waals surface area contributed by atoms with Gasteiger partial charge in [0.25, 0.3) is 0 Å². The lowest BCUT2D eigenvalue weighted by atomic mass is 9.68. The molecule has 0 fully saturated rings. The molecule has 3 nitrogen and oxygen atoms in total. The summed E-state index contributed by atoms with van der Waals surface area (Å²) in [7, 11) is 0. The van der Waals surface area contributed by atoms with Gasteiger partial charge in [-0.3, -0.25) is 0 Å². The number of hydrogen-bond acceptors (Lipinski definition) is 3. The Morgan fingerprint density at radius 1 is 0.727 bits per heavy atom. The molecule has 3 aromatic rings. The Bertz CT molecular complexity index is 1140. The van der Waals surface area contributed by atoms with E-state index in [1.807, 2.05) is 0 Å². The quantitative estimate of drug-likeness (QED) is 0.403. The molecule has 1 aliphatic carbocycles. The monoisotopic (exact) mass is 438 g/mol. The zero-order valence-corrected chi connectivity index (χ0v) is 20.3. The Labute approximate surface area is 198 Å². The third-order valence-electron chi connectivity index (χ3n) is 7.57. The van der Waals surface area contributed by atoms with Crippen LogP contribution in [0.15, 0.2) is 67.2 Å². The summed E-state index contributed by atoms with van der Waals surface area (Å²) in [6, 6.07) is 22.4. The largest absolute Gasteiger partial charge is 0.457 e. The maximum atomic E-state index is 6.69. The highest BCUT2D eigenvalue weighted by Gasteiger charge is 2.49. The van der Waals surface area contributed by atoms with Gasteiger partial charge in [-0.05, 0) is 62.9 Å². The number of nitrogens with zero attached hydrogens (tertiary/aromatic N) is 2. The highest BCUT2D eigenvalue weighted by atomic mass is 16.5. The van der Waals surface area contributed by atoms with Crippen LogP contribution in [0.5, 0.6) is 11.5 Å². The van der Waals surface area contributed by atoms with Crippen molar-refractivity contribution in [3.63, 3.8) is 0 Å². The van der Waals surface area contributed by atoms with Crippen LogP contribution in [0.25, 0.3) is 5.57 Å². The van der Waals surface area contributed by atoms with Crippen molar-refractivity contribution in [1.82, 2.24) is 0 Å². The minimum Gasteiger partial charge on any atom is -0.457 e. The summed E-state index contributed by atoms with van der Waals surface area (Å²) in [5, 5.41) is 0. The predicted molar refractivity (Wildman–Crippen MR) is 140 cm³/mol. The molecule has 170 valence electrons. The van der Waals surface area contributed by atoms with Crippen LogP contribution in [0.2, 0.25) is 0 Å². The summed E-state index contributed by atoms with van der Waals surface area (Å²) >= 11 is 0. The second-order valence-corrected chi connectivity index (χ2v) is 9.04. The van der Waals surface area contributed by atoms with E-state index >= 15 is 0 Å². The van der Waals surface area contributed by atoms with E-state index in [9.17, 15) is 0 Å². The molecule has 3 aromatic carbocycles. The number of anilines is 2. The van der Waals surface area contributed by atoms with Crippen molar-refractivity contribution in [2.75, 3.05) is 36.0 Å². The van der Waals surface area contributed by atoms with Crippen LogP contribution >= 0.6 is 0 Å². The van der Waals surface area contributed by atoms with Gasteiger partial charge in [0.2, 0.25) is 0 Å². The smallest absolute Gasteiger partial charge is 0.133 e. The number of hydrogen-bond donors (Lipinski definition) is 0. The van der Waals surface area contributed by atoms with Crippen LogP contribution in [-0.2, 0) is 5.41 Å². The van der Waals surface area contributed by atoms with Crippen molar-refractivity contribution in [1.29, 1.82) is 0 Å². The van der Waals surface area contributed by atoms with Crippen molar-refractivity contribution in [3.05, 3.63) is 89.5 Å². The average molecular weight is 439 g/mol. The summed E-state index contributed by atoms with van der Waals surface area (Å²) in [6.45, 7) is 17.2. The molecule has 1 aliphatic heterocycles. The number of allylic oxidation sites excluding steroid dienone is 1. The van der Waals surface area contributed by atoms with E-state index in [0.29, 0.717) is 0 Å². The van der Waals surface area contributed by atoms with Crippen molar-refractivity contribution in [2.24, 2.45) is 0 Å². The normalized spacial score (nSPS) is 15.0. The maximum Gasteiger partial charge on any atom is 0.133 e. The number of rotatable bonds is 6. The molecule has 0 atom stereocenters. The minimum absolute atomic E-state index is 0.264. The molecular formula is C30H34N2O. The molecule has 0 N–H and O–H groups in total. The molecule has 0 radical (unpaired) electrons. The number of benzene rings is 3. The van der Waals surface area contributed by atoms with Gasteiger partial charge in [-0.15, -0.1) is 0 Å². The summed E-state index contributed by atoms with van der Waals surface area (Å²) in [5.41, 5.74) is 8.46. The van der Waals surface area contributed by atoms with Crippen LogP contribution < -0.4 is 14.5 Å². The Hall–Kier alpha value is -3.20. The van der Waals surface area contributed by atoms with Crippen molar-refractivity contribution >= 4 is 16.9 Å². The summed E-state index contributed by atoms with van der Waals surface area (Å²) in [6.07, 6.45) is 0.880. The highest BCUT2D eigenvalue weighted by molar-refractivity contribution is 5.82. The van der Waals surface area contributed by atoms with Crippen molar-refractivity contribution in [2.45, 2.75) is 39.5 Å². The first kappa shape index (κ1) is 21.6. The second-order valence-electron chi connectivity index (χ2n) is 9.04. The fourth-order valence-corrected chi connectivity index (χ4v) is 5.89. The van der Waals surface area contributed by atoms with Crippen molar-refractivity contribution in [3.8, 4) is 11.5 Å². The molecule has 2 aliphatic rings. The first-order valence-corrected chi connectivity index (χ1v) is 12.3. The van der Waals surface area contributed by atoms with E-state index < -0.39 is 0 Å². The Morgan fingerprint density at radius 2 is 1.24 bits per heavy atom. The van der Waals surface area contributed by atoms with Crippen LogP contribution in [-0.4, -0.2) is 26.2 Å². The van der Waals surface area contributed by atoms with Gasteiger partial charge >= 0.3 is 0 Å². The summed E-state index contributed by atoms with van der Waals surface area (Å²) < 4.78 is 6.69. The van der Waals surface area contributed by atoms with E-state index in [0.717, 1.165) is 44.1 Å². The highest BCUT2D eigenvalue weighted by Crippen LogP contribution is 2.60. The van der Waals surface area contributed by atoms with E-state index in [1.165, 1.54) is 39.2 Å². The minimum atomic E-state index is -0.264. The lowest BCUT2D eigenvalue weighted by molar-refractivity contribution is 0.423. The molecule has 3 heteroatoms. The Kier molecular flexibility index (Phi) is 5.44. The van der Waals surface area contributed by atoms with Gasteiger partial charge in [-0.1, -0.05) is 43.0 Å². The fraction of sp³-hybridized carbons (Fsp3) is 0.333. The van der Waals surface area contributed by atoms with E-state index in [2.05, 4.69) is 105 Å². The van der Waals surface area contributed by atoms with Crippen LogP contribution in [0.4, 0.5) is 11.4 Å². The number of fused-ring (bicyclic) bond motifs is 6. The van der Waals surface area contributed by atoms with Gasteiger partial charge in [-0.25, -0.2) is 0 Å². The van der Waals surface area contributed by atoms with Gasteiger partial charge in [-0.2, -0.15) is 0 Å². The molecule has 0 unspecified atom stereocenters. The van der Waals surface area contributed by atoms with Crippen LogP contribution in [0.1, 0.15) is 56.4 Å².